The number of benzene rings is 2. The minimum atomic E-state index is -0.444. The van der Waals surface area contributed by atoms with Gasteiger partial charge in [-0.2, -0.15) is 0 Å². The van der Waals surface area contributed by atoms with Crippen LogP contribution in [0.15, 0.2) is 48.5 Å². The average Bonchev–Trinajstić information content (AvgIpc) is 2.61. The second-order valence-electron chi connectivity index (χ2n) is 5.04. The number of hydrogen-bond donors (Lipinski definition) is 2. The molecule has 2 aromatic carbocycles. The molecule has 0 aromatic heterocycles. The molecule has 2 aromatic rings. The van der Waals surface area contributed by atoms with Gasteiger partial charge in [-0.15, -0.1) is 0 Å². The topological polar surface area (TPSA) is 76.7 Å². The standard InChI is InChI=1S/C18H20N2O4/c1-23-16-9-4-3-6-14(16)11-19-12-17(21)20-15-8-5-7-13(10-15)18(22)24-2/h3-10,19H,11-12H2,1-2H3,(H,20,21). The number of hydrogen-bond acceptors (Lipinski definition) is 5. The van der Waals surface area contributed by atoms with E-state index in [1.54, 1.807) is 31.4 Å². The Bertz CT molecular complexity index is 716. The van der Waals surface area contributed by atoms with Crippen LogP contribution in [0.1, 0.15) is 15.9 Å². The van der Waals surface area contributed by atoms with Crippen molar-refractivity contribution in [1.82, 2.24) is 5.32 Å². The number of carbonyl (C=O) groups excluding carboxylic acids is 2. The van der Waals surface area contributed by atoms with Crippen molar-refractivity contribution < 1.29 is 19.1 Å². The second kappa shape index (κ2) is 8.69. The number of rotatable bonds is 7. The highest BCUT2D eigenvalue weighted by Gasteiger charge is 2.08. The first-order chi connectivity index (χ1) is 11.6. The first kappa shape index (κ1) is 17.5. The van der Waals surface area contributed by atoms with E-state index < -0.39 is 5.97 Å². The normalized spacial score (nSPS) is 10.1. The molecule has 6 heteroatoms. The average molecular weight is 328 g/mol. The molecule has 0 saturated heterocycles. The Morgan fingerprint density at radius 3 is 2.58 bits per heavy atom. The molecule has 1 amide bonds. The summed E-state index contributed by atoms with van der Waals surface area (Å²) >= 11 is 0. The fourth-order valence-corrected chi connectivity index (χ4v) is 2.21. The van der Waals surface area contributed by atoms with Gasteiger partial charge in [0.25, 0.3) is 0 Å². The van der Waals surface area contributed by atoms with E-state index in [0.717, 1.165) is 11.3 Å². The highest BCUT2D eigenvalue weighted by Crippen LogP contribution is 2.16. The molecule has 0 atom stereocenters. The van der Waals surface area contributed by atoms with Gasteiger partial charge in [-0.3, -0.25) is 4.79 Å². The zero-order valence-corrected chi connectivity index (χ0v) is 13.7. The molecule has 0 aliphatic rings. The Labute approximate surface area is 140 Å². The zero-order valence-electron chi connectivity index (χ0n) is 13.7. The van der Waals surface area contributed by atoms with Crippen molar-refractivity contribution in [2.24, 2.45) is 0 Å². The lowest BCUT2D eigenvalue weighted by Crippen LogP contribution is -2.27. The van der Waals surface area contributed by atoms with Crippen LogP contribution in [0.25, 0.3) is 0 Å². The molecule has 2 rings (SSSR count). The zero-order chi connectivity index (χ0) is 17.4. The Morgan fingerprint density at radius 2 is 1.83 bits per heavy atom. The maximum atomic E-state index is 12.0. The molecule has 126 valence electrons. The summed E-state index contributed by atoms with van der Waals surface area (Å²) in [5.41, 5.74) is 1.90. The maximum Gasteiger partial charge on any atom is 0.337 e. The fraction of sp³-hybridized carbons (Fsp3) is 0.222. The number of para-hydroxylation sites is 1. The molecule has 0 heterocycles. The van der Waals surface area contributed by atoms with Crippen molar-refractivity contribution in [2.75, 3.05) is 26.1 Å². The summed E-state index contributed by atoms with van der Waals surface area (Å²) in [6, 6.07) is 14.2. The van der Waals surface area contributed by atoms with E-state index in [-0.39, 0.29) is 12.5 Å². The van der Waals surface area contributed by atoms with Crippen LogP contribution in [0.5, 0.6) is 5.75 Å². The van der Waals surface area contributed by atoms with Gasteiger partial charge in [0.05, 0.1) is 26.3 Å². The van der Waals surface area contributed by atoms with E-state index >= 15 is 0 Å². The van der Waals surface area contributed by atoms with Crippen LogP contribution in [0, 0.1) is 0 Å². The molecule has 0 aliphatic heterocycles. The number of nitrogens with one attached hydrogen (secondary N) is 2. The summed E-state index contributed by atoms with van der Waals surface area (Å²) in [6.45, 7) is 0.653. The molecular weight excluding hydrogens is 308 g/mol. The third kappa shape index (κ3) is 4.82. The third-order valence-corrected chi connectivity index (χ3v) is 3.36. The third-order valence-electron chi connectivity index (χ3n) is 3.36. The van der Waals surface area contributed by atoms with Gasteiger partial charge < -0.3 is 20.1 Å². The minimum absolute atomic E-state index is 0.139. The Morgan fingerprint density at radius 1 is 1.04 bits per heavy atom. The number of methoxy groups -OCH3 is 2. The van der Waals surface area contributed by atoms with Crippen molar-refractivity contribution in [3.05, 3.63) is 59.7 Å². The van der Waals surface area contributed by atoms with Crippen LogP contribution in [0.4, 0.5) is 5.69 Å². The van der Waals surface area contributed by atoms with Crippen LogP contribution in [0.3, 0.4) is 0 Å². The highest BCUT2D eigenvalue weighted by molar-refractivity contribution is 5.95. The van der Waals surface area contributed by atoms with Gasteiger partial charge in [-0.05, 0) is 24.3 Å². The minimum Gasteiger partial charge on any atom is -0.496 e. The summed E-state index contributed by atoms with van der Waals surface area (Å²) in [4.78, 5) is 23.5. The van der Waals surface area contributed by atoms with Gasteiger partial charge >= 0.3 is 5.97 Å². The van der Waals surface area contributed by atoms with Crippen LogP contribution in [-0.2, 0) is 16.1 Å². The van der Waals surface area contributed by atoms with Gasteiger partial charge in [-0.1, -0.05) is 24.3 Å². The van der Waals surface area contributed by atoms with Crippen molar-refractivity contribution in [3.8, 4) is 5.75 Å². The maximum absolute atomic E-state index is 12.0. The van der Waals surface area contributed by atoms with Crippen molar-refractivity contribution in [2.45, 2.75) is 6.54 Å². The number of esters is 1. The number of carbonyl (C=O) groups is 2. The van der Waals surface area contributed by atoms with E-state index in [1.165, 1.54) is 7.11 Å². The van der Waals surface area contributed by atoms with Crippen LogP contribution < -0.4 is 15.4 Å². The fourth-order valence-electron chi connectivity index (χ4n) is 2.21. The lowest BCUT2D eigenvalue weighted by molar-refractivity contribution is -0.115. The molecular formula is C18H20N2O4. The van der Waals surface area contributed by atoms with Gasteiger partial charge in [-0.25, -0.2) is 4.79 Å². The lowest BCUT2D eigenvalue weighted by Gasteiger charge is -2.10. The molecule has 0 fully saturated rings. The Balaban J connectivity index is 1.86. The monoisotopic (exact) mass is 328 g/mol. The highest BCUT2D eigenvalue weighted by atomic mass is 16.5. The van der Waals surface area contributed by atoms with Crippen molar-refractivity contribution >= 4 is 17.6 Å². The second-order valence-corrected chi connectivity index (χ2v) is 5.04. The molecule has 0 saturated carbocycles. The van der Waals surface area contributed by atoms with E-state index in [2.05, 4.69) is 15.4 Å². The Hall–Kier alpha value is -2.86. The molecule has 0 spiro atoms. The lowest BCUT2D eigenvalue weighted by atomic mass is 10.2. The number of anilines is 1. The van der Waals surface area contributed by atoms with E-state index in [1.807, 2.05) is 24.3 Å². The predicted octanol–water partition coefficient (Wildman–Crippen LogP) is 2.21. The number of ether oxygens (including phenoxy) is 2. The van der Waals surface area contributed by atoms with Crippen molar-refractivity contribution in [1.29, 1.82) is 0 Å². The summed E-state index contributed by atoms with van der Waals surface area (Å²) < 4.78 is 9.92. The van der Waals surface area contributed by atoms with Crippen LogP contribution in [-0.4, -0.2) is 32.6 Å². The van der Waals surface area contributed by atoms with Gasteiger partial charge in [0.1, 0.15) is 5.75 Å². The number of amides is 1. The summed E-state index contributed by atoms with van der Waals surface area (Å²) in [7, 11) is 2.93. The largest absolute Gasteiger partial charge is 0.496 e. The molecule has 24 heavy (non-hydrogen) atoms. The molecule has 6 nitrogen and oxygen atoms in total. The smallest absolute Gasteiger partial charge is 0.337 e. The van der Waals surface area contributed by atoms with E-state index in [0.29, 0.717) is 17.8 Å². The molecule has 0 radical (unpaired) electrons. The van der Waals surface area contributed by atoms with E-state index in [4.69, 9.17) is 4.74 Å². The summed E-state index contributed by atoms with van der Waals surface area (Å²) in [5.74, 6) is 0.128. The Kier molecular flexibility index (Phi) is 6.33. The molecule has 0 bridgehead atoms. The van der Waals surface area contributed by atoms with Gasteiger partial charge in [0, 0.05) is 17.8 Å². The van der Waals surface area contributed by atoms with E-state index in [9.17, 15) is 9.59 Å². The summed E-state index contributed by atoms with van der Waals surface area (Å²) in [5, 5.41) is 5.80. The SMILES string of the molecule is COC(=O)c1cccc(NC(=O)CNCc2ccccc2OC)c1. The molecule has 0 unspecified atom stereocenters. The molecule has 2 N–H and O–H groups in total. The quantitative estimate of drug-likeness (QED) is 0.762. The van der Waals surface area contributed by atoms with Gasteiger partial charge in [0.15, 0.2) is 0 Å². The first-order valence-corrected chi connectivity index (χ1v) is 7.45. The summed E-state index contributed by atoms with van der Waals surface area (Å²) in [6.07, 6.45) is 0. The van der Waals surface area contributed by atoms with Crippen LogP contribution in [0.2, 0.25) is 0 Å². The van der Waals surface area contributed by atoms with Crippen LogP contribution >= 0.6 is 0 Å². The molecule has 0 aliphatic carbocycles. The van der Waals surface area contributed by atoms with Crippen molar-refractivity contribution in [3.63, 3.8) is 0 Å². The predicted molar refractivity (Wildman–Crippen MR) is 91.1 cm³/mol. The van der Waals surface area contributed by atoms with Gasteiger partial charge in [0.2, 0.25) is 5.91 Å². The first-order valence-electron chi connectivity index (χ1n) is 7.45.